The SMILES string of the molecule is CCNC(=NCC(c1cccc(F)c1)N(C)C)N1CC(C)C(C(=O)OC)C1.I. The molecule has 1 N–H and O–H groups in total. The molecule has 28 heavy (non-hydrogen) atoms. The summed E-state index contributed by atoms with van der Waals surface area (Å²) in [4.78, 5) is 20.9. The van der Waals surface area contributed by atoms with E-state index in [1.54, 1.807) is 12.1 Å². The van der Waals surface area contributed by atoms with Crippen LogP contribution in [0.15, 0.2) is 29.3 Å². The van der Waals surface area contributed by atoms with Gasteiger partial charge in [0.05, 0.1) is 25.6 Å². The number of methoxy groups -OCH3 is 1. The van der Waals surface area contributed by atoms with Gasteiger partial charge in [-0.15, -0.1) is 24.0 Å². The summed E-state index contributed by atoms with van der Waals surface area (Å²) in [5.41, 5.74) is 0.891. The Morgan fingerprint density at radius 2 is 2.14 bits per heavy atom. The van der Waals surface area contributed by atoms with E-state index in [0.717, 1.165) is 24.6 Å². The van der Waals surface area contributed by atoms with Gasteiger partial charge < -0.3 is 19.9 Å². The lowest BCUT2D eigenvalue weighted by Crippen LogP contribution is -2.41. The molecule has 1 aromatic rings. The molecule has 158 valence electrons. The Kier molecular flexibility index (Phi) is 10.2. The highest BCUT2D eigenvalue weighted by Crippen LogP contribution is 2.25. The van der Waals surface area contributed by atoms with Crippen molar-refractivity contribution in [3.63, 3.8) is 0 Å². The van der Waals surface area contributed by atoms with Crippen LogP contribution in [0.1, 0.15) is 25.5 Å². The summed E-state index contributed by atoms with van der Waals surface area (Å²) in [5, 5.41) is 3.31. The highest BCUT2D eigenvalue weighted by atomic mass is 127. The largest absolute Gasteiger partial charge is 0.469 e. The zero-order valence-corrected chi connectivity index (χ0v) is 19.6. The molecular weight excluding hydrogens is 474 g/mol. The number of esters is 1. The van der Waals surface area contributed by atoms with Gasteiger partial charge in [0.1, 0.15) is 5.82 Å². The molecule has 2 rings (SSSR count). The third-order valence-corrected chi connectivity index (χ3v) is 5.02. The van der Waals surface area contributed by atoms with E-state index in [9.17, 15) is 9.18 Å². The van der Waals surface area contributed by atoms with Crippen molar-refractivity contribution in [2.45, 2.75) is 19.9 Å². The fraction of sp³-hybridized carbons (Fsp3) is 0.600. The number of likely N-dealkylation sites (N-methyl/N-ethyl adjacent to an activating group) is 1. The van der Waals surface area contributed by atoms with Crippen molar-refractivity contribution in [1.82, 2.24) is 15.1 Å². The number of carbonyl (C=O) groups is 1. The van der Waals surface area contributed by atoms with Crippen LogP contribution in [0, 0.1) is 17.7 Å². The van der Waals surface area contributed by atoms with Crippen LogP contribution in [0.5, 0.6) is 0 Å². The minimum absolute atomic E-state index is 0. The second-order valence-electron chi connectivity index (χ2n) is 7.24. The highest BCUT2D eigenvalue weighted by Gasteiger charge is 2.37. The van der Waals surface area contributed by atoms with Gasteiger partial charge in [-0.25, -0.2) is 4.39 Å². The smallest absolute Gasteiger partial charge is 0.310 e. The van der Waals surface area contributed by atoms with Crippen molar-refractivity contribution in [2.24, 2.45) is 16.8 Å². The van der Waals surface area contributed by atoms with E-state index in [4.69, 9.17) is 9.73 Å². The van der Waals surface area contributed by atoms with Crippen LogP contribution in [0.25, 0.3) is 0 Å². The van der Waals surface area contributed by atoms with Crippen LogP contribution in [0.2, 0.25) is 0 Å². The van der Waals surface area contributed by atoms with Crippen molar-refractivity contribution in [2.75, 3.05) is 47.4 Å². The van der Waals surface area contributed by atoms with Crippen LogP contribution < -0.4 is 5.32 Å². The summed E-state index contributed by atoms with van der Waals surface area (Å²) in [6.45, 7) is 6.64. The maximum absolute atomic E-state index is 13.6. The van der Waals surface area contributed by atoms with Crippen molar-refractivity contribution in [3.8, 4) is 0 Å². The van der Waals surface area contributed by atoms with Gasteiger partial charge in [0, 0.05) is 19.6 Å². The summed E-state index contributed by atoms with van der Waals surface area (Å²) in [6.07, 6.45) is 0. The number of halogens is 2. The molecule has 3 atom stereocenters. The summed E-state index contributed by atoms with van der Waals surface area (Å²) in [7, 11) is 5.35. The van der Waals surface area contributed by atoms with Crippen LogP contribution in [-0.2, 0) is 9.53 Å². The predicted molar refractivity (Wildman–Crippen MR) is 120 cm³/mol. The van der Waals surface area contributed by atoms with Gasteiger partial charge in [-0.1, -0.05) is 19.1 Å². The van der Waals surface area contributed by atoms with Gasteiger partial charge in [0.2, 0.25) is 0 Å². The average molecular weight is 506 g/mol. The maximum Gasteiger partial charge on any atom is 0.310 e. The molecule has 0 saturated carbocycles. The molecule has 6 nitrogen and oxygen atoms in total. The normalized spacial score (nSPS) is 20.7. The number of guanidine groups is 1. The number of hydrogen-bond donors (Lipinski definition) is 1. The molecule has 1 fully saturated rings. The number of rotatable bonds is 6. The molecule has 0 bridgehead atoms. The topological polar surface area (TPSA) is 57.2 Å². The number of nitrogens with one attached hydrogen (secondary N) is 1. The van der Waals surface area contributed by atoms with Crippen LogP contribution in [-0.4, -0.2) is 69.1 Å². The Hall–Kier alpha value is -1.42. The lowest BCUT2D eigenvalue weighted by Gasteiger charge is -2.26. The molecule has 1 aliphatic rings. The van der Waals surface area contributed by atoms with Gasteiger partial charge in [0.15, 0.2) is 5.96 Å². The zero-order chi connectivity index (χ0) is 20.0. The van der Waals surface area contributed by atoms with Gasteiger partial charge in [-0.05, 0) is 44.6 Å². The standard InChI is InChI=1S/C20H31FN4O2.HI/c1-6-22-20(25-12-14(2)17(13-25)19(26)27-5)23-11-18(24(3)4)15-8-7-9-16(21)10-15;/h7-10,14,17-18H,6,11-13H2,1-5H3,(H,22,23);1H. The third kappa shape index (κ3) is 6.30. The first kappa shape index (κ1) is 24.6. The fourth-order valence-electron chi connectivity index (χ4n) is 3.48. The monoisotopic (exact) mass is 506 g/mol. The first-order valence-electron chi connectivity index (χ1n) is 9.40. The Morgan fingerprint density at radius 1 is 1.43 bits per heavy atom. The maximum atomic E-state index is 13.6. The van der Waals surface area contributed by atoms with Gasteiger partial charge >= 0.3 is 5.97 Å². The number of likely N-dealkylation sites (tertiary alicyclic amines) is 1. The number of carbonyl (C=O) groups excluding carboxylic acids is 1. The van der Waals surface area contributed by atoms with E-state index in [0.29, 0.717) is 13.1 Å². The number of aliphatic imine (C=N–C) groups is 1. The van der Waals surface area contributed by atoms with E-state index in [2.05, 4.69) is 17.1 Å². The van der Waals surface area contributed by atoms with Gasteiger partial charge in [-0.2, -0.15) is 0 Å². The van der Waals surface area contributed by atoms with E-state index in [-0.39, 0.29) is 53.6 Å². The predicted octanol–water partition coefficient (Wildman–Crippen LogP) is 2.75. The highest BCUT2D eigenvalue weighted by molar-refractivity contribution is 14.0. The van der Waals surface area contributed by atoms with Crippen molar-refractivity contribution in [3.05, 3.63) is 35.6 Å². The Labute approximate surface area is 184 Å². The fourth-order valence-corrected chi connectivity index (χ4v) is 3.48. The van der Waals surface area contributed by atoms with E-state index < -0.39 is 0 Å². The van der Waals surface area contributed by atoms with Crippen molar-refractivity contribution < 1.29 is 13.9 Å². The molecule has 1 saturated heterocycles. The summed E-state index contributed by atoms with van der Waals surface area (Å²) >= 11 is 0. The molecule has 0 amide bonds. The van der Waals surface area contributed by atoms with Crippen LogP contribution in [0.4, 0.5) is 4.39 Å². The number of ether oxygens (including phenoxy) is 1. The third-order valence-electron chi connectivity index (χ3n) is 5.02. The van der Waals surface area contributed by atoms with Crippen LogP contribution >= 0.6 is 24.0 Å². The molecule has 1 aromatic carbocycles. The second kappa shape index (κ2) is 11.5. The van der Waals surface area contributed by atoms with E-state index >= 15 is 0 Å². The molecule has 1 heterocycles. The summed E-state index contributed by atoms with van der Waals surface area (Å²) in [5.74, 6) is 0.413. The molecule has 0 aromatic heterocycles. The van der Waals surface area contributed by atoms with Crippen LogP contribution in [0.3, 0.4) is 0 Å². The Bertz CT molecular complexity index is 671. The first-order chi connectivity index (χ1) is 12.9. The number of nitrogens with zero attached hydrogens (tertiary/aromatic N) is 3. The minimum Gasteiger partial charge on any atom is -0.469 e. The van der Waals surface area contributed by atoms with E-state index in [1.165, 1.54) is 13.2 Å². The Balaban J connectivity index is 0.00000392. The molecular formula is C20H32FIN4O2. The minimum atomic E-state index is -0.246. The van der Waals surface area contributed by atoms with Gasteiger partial charge in [0.25, 0.3) is 0 Å². The number of hydrogen-bond acceptors (Lipinski definition) is 4. The van der Waals surface area contributed by atoms with Crippen molar-refractivity contribution in [1.29, 1.82) is 0 Å². The lowest BCUT2D eigenvalue weighted by atomic mass is 9.99. The van der Waals surface area contributed by atoms with Gasteiger partial charge in [-0.3, -0.25) is 9.79 Å². The molecule has 0 radical (unpaired) electrons. The molecule has 0 aliphatic carbocycles. The Morgan fingerprint density at radius 3 is 2.71 bits per heavy atom. The molecule has 8 heteroatoms. The van der Waals surface area contributed by atoms with E-state index in [1.807, 2.05) is 32.0 Å². The zero-order valence-electron chi connectivity index (χ0n) is 17.3. The molecule has 3 unspecified atom stereocenters. The second-order valence-corrected chi connectivity index (χ2v) is 7.24. The number of benzene rings is 1. The quantitative estimate of drug-likeness (QED) is 0.279. The summed E-state index contributed by atoms with van der Waals surface area (Å²) in [6, 6.07) is 6.60. The lowest BCUT2D eigenvalue weighted by molar-refractivity contribution is -0.145. The molecule has 0 spiro atoms. The average Bonchev–Trinajstić information content (AvgIpc) is 3.01. The molecule has 1 aliphatic heterocycles. The first-order valence-corrected chi connectivity index (χ1v) is 9.40. The van der Waals surface area contributed by atoms with Crippen molar-refractivity contribution >= 4 is 35.9 Å². The summed E-state index contributed by atoms with van der Waals surface area (Å²) < 4.78 is 18.6.